The summed E-state index contributed by atoms with van der Waals surface area (Å²) >= 11 is 0. The molecule has 2 heteroatoms. The Morgan fingerprint density at radius 2 is 0.778 bits per heavy atom. The van der Waals surface area contributed by atoms with Crippen molar-refractivity contribution in [1.82, 2.24) is 10.6 Å². The van der Waals surface area contributed by atoms with Crippen molar-refractivity contribution in [3.8, 4) is 0 Å². The molecule has 1 fully saturated rings. The molecule has 1 rings (SSSR count). The lowest BCUT2D eigenvalue weighted by Gasteiger charge is -2.05. The molecular weight excluding hydrogens is 220 g/mol. The molecule has 0 spiro atoms. The quantitative estimate of drug-likeness (QED) is 0.509. The number of hydrogen-bond donors (Lipinski definition) is 2. The summed E-state index contributed by atoms with van der Waals surface area (Å²) in [6, 6.07) is 0. The Kier molecular flexibility index (Phi) is 22.6. The number of hydrogen-bond acceptors (Lipinski definition) is 2. The third-order valence-corrected chi connectivity index (χ3v) is 2.15. The van der Waals surface area contributed by atoms with Crippen molar-refractivity contribution in [1.29, 1.82) is 0 Å². The standard InChI is InChI=1S/2C6H11N.C4H8/c2*1-3-5-7-6-4-2;1-2-4-3-1/h2*3-4,7H,1-2,5-6H2;1-4H2. The van der Waals surface area contributed by atoms with Crippen LogP contribution < -0.4 is 10.6 Å². The van der Waals surface area contributed by atoms with E-state index in [0.29, 0.717) is 0 Å². The van der Waals surface area contributed by atoms with Crippen LogP contribution in [0.15, 0.2) is 50.6 Å². The second-order valence-electron chi connectivity index (χ2n) is 3.89. The first-order valence-corrected chi connectivity index (χ1v) is 6.68. The predicted molar refractivity (Wildman–Crippen MR) is 85.0 cm³/mol. The van der Waals surface area contributed by atoms with Gasteiger partial charge in [-0.15, -0.1) is 26.3 Å². The fourth-order valence-corrected chi connectivity index (χ4v) is 0.825. The third-order valence-electron chi connectivity index (χ3n) is 2.15. The average molecular weight is 250 g/mol. The molecule has 1 saturated carbocycles. The van der Waals surface area contributed by atoms with Gasteiger partial charge in [-0.3, -0.25) is 0 Å². The average Bonchev–Trinajstić information content (AvgIpc) is 2.29. The van der Waals surface area contributed by atoms with Gasteiger partial charge in [0, 0.05) is 26.2 Å². The molecule has 0 saturated heterocycles. The molecule has 0 atom stereocenters. The molecule has 0 amide bonds. The van der Waals surface area contributed by atoms with Crippen LogP contribution >= 0.6 is 0 Å². The SMILES string of the molecule is C1CCC1.C=CCNCC=C.C=CCNCC=C. The van der Waals surface area contributed by atoms with E-state index in [0.717, 1.165) is 26.2 Å². The monoisotopic (exact) mass is 250 g/mol. The molecule has 1 aliphatic carbocycles. The zero-order valence-electron chi connectivity index (χ0n) is 11.8. The summed E-state index contributed by atoms with van der Waals surface area (Å²) < 4.78 is 0. The third kappa shape index (κ3) is 24.2. The van der Waals surface area contributed by atoms with Crippen LogP contribution in [0.1, 0.15) is 25.7 Å². The smallest absolute Gasteiger partial charge is 0.0135 e. The second-order valence-corrected chi connectivity index (χ2v) is 3.89. The van der Waals surface area contributed by atoms with Crippen LogP contribution in [-0.4, -0.2) is 26.2 Å². The fourth-order valence-electron chi connectivity index (χ4n) is 0.825. The first-order chi connectivity index (χ1) is 8.83. The van der Waals surface area contributed by atoms with E-state index >= 15 is 0 Å². The van der Waals surface area contributed by atoms with Gasteiger partial charge in [0.2, 0.25) is 0 Å². The Morgan fingerprint density at radius 1 is 0.556 bits per heavy atom. The number of nitrogens with one attached hydrogen (secondary N) is 2. The minimum Gasteiger partial charge on any atom is -0.310 e. The zero-order valence-corrected chi connectivity index (χ0v) is 11.8. The first kappa shape index (κ1) is 19.2. The Bertz CT molecular complexity index is 155. The Balaban J connectivity index is 0. The van der Waals surface area contributed by atoms with E-state index in [-0.39, 0.29) is 0 Å². The molecule has 2 N–H and O–H groups in total. The van der Waals surface area contributed by atoms with Gasteiger partial charge in [-0.25, -0.2) is 0 Å². The van der Waals surface area contributed by atoms with Gasteiger partial charge in [-0.05, 0) is 0 Å². The van der Waals surface area contributed by atoms with E-state index in [1.54, 1.807) is 0 Å². The van der Waals surface area contributed by atoms with E-state index < -0.39 is 0 Å². The largest absolute Gasteiger partial charge is 0.310 e. The highest BCUT2D eigenvalue weighted by Gasteiger charge is 1.95. The van der Waals surface area contributed by atoms with Gasteiger partial charge in [-0.2, -0.15) is 0 Å². The fraction of sp³-hybridized carbons (Fsp3) is 0.500. The summed E-state index contributed by atoms with van der Waals surface area (Å²) in [5.74, 6) is 0. The summed E-state index contributed by atoms with van der Waals surface area (Å²) in [5, 5.41) is 6.10. The molecule has 0 aromatic rings. The highest BCUT2D eigenvalue weighted by Crippen LogP contribution is 2.15. The molecule has 0 bridgehead atoms. The Hall–Kier alpha value is -1.12. The molecule has 0 unspecified atom stereocenters. The summed E-state index contributed by atoms with van der Waals surface area (Å²) in [7, 11) is 0. The minimum atomic E-state index is 0.867. The summed E-state index contributed by atoms with van der Waals surface area (Å²) in [6.07, 6.45) is 13.3. The van der Waals surface area contributed by atoms with Crippen LogP contribution in [0.5, 0.6) is 0 Å². The van der Waals surface area contributed by atoms with E-state index in [4.69, 9.17) is 0 Å². The van der Waals surface area contributed by atoms with Crippen LogP contribution in [0.25, 0.3) is 0 Å². The van der Waals surface area contributed by atoms with Crippen LogP contribution in [0, 0.1) is 0 Å². The highest BCUT2D eigenvalue weighted by molar-refractivity contribution is 4.75. The van der Waals surface area contributed by atoms with E-state index in [1.807, 2.05) is 24.3 Å². The summed E-state index contributed by atoms with van der Waals surface area (Å²) in [6.45, 7) is 17.6. The van der Waals surface area contributed by atoms with Crippen molar-refractivity contribution in [2.24, 2.45) is 0 Å². The van der Waals surface area contributed by atoms with E-state index in [9.17, 15) is 0 Å². The molecule has 2 nitrogen and oxygen atoms in total. The maximum atomic E-state index is 3.54. The molecule has 0 aliphatic heterocycles. The molecule has 0 radical (unpaired) electrons. The Morgan fingerprint density at radius 3 is 0.889 bits per heavy atom. The molecule has 0 heterocycles. The first-order valence-electron chi connectivity index (χ1n) is 6.68. The maximum absolute atomic E-state index is 3.54. The minimum absolute atomic E-state index is 0.867. The van der Waals surface area contributed by atoms with Crippen LogP contribution in [0.4, 0.5) is 0 Å². The van der Waals surface area contributed by atoms with E-state index in [1.165, 1.54) is 25.7 Å². The topological polar surface area (TPSA) is 24.1 Å². The van der Waals surface area contributed by atoms with Crippen molar-refractivity contribution in [2.75, 3.05) is 26.2 Å². The molecule has 1 aliphatic rings. The van der Waals surface area contributed by atoms with Gasteiger partial charge < -0.3 is 10.6 Å². The lowest BCUT2D eigenvalue weighted by Crippen LogP contribution is -2.11. The molecule has 104 valence electrons. The number of rotatable bonds is 8. The van der Waals surface area contributed by atoms with Gasteiger partial charge in [-0.1, -0.05) is 50.0 Å². The summed E-state index contributed by atoms with van der Waals surface area (Å²) in [5.41, 5.74) is 0. The van der Waals surface area contributed by atoms with Gasteiger partial charge >= 0.3 is 0 Å². The lowest BCUT2D eigenvalue weighted by molar-refractivity contribution is 0.504. The van der Waals surface area contributed by atoms with Crippen LogP contribution in [0.3, 0.4) is 0 Å². The lowest BCUT2D eigenvalue weighted by atomic mass is 10.0. The van der Waals surface area contributed by atoms with Crippen molar-refractivity contribution < 1.29 is 0 Å². The molecule has 18 heavy (non-hydrogen) atoms. The van der Waals surface area contributed by atoms with Crippen LogP contribution in [0.2, 0.25) is 0 Å². The van der Waals surface area contributed by atoms with Crippen molar-refractivity contribution >= 4 is 0 Å². The summed E-state index contributed by atoms with van der Waals surface area (Å²) in [4.78, 5) is 0. The maximum Gasteiger partial charge on any atom is 0.0135 e. The van der Waals surface area contributed by atoms with Crippen molar-refractivity contribution in [3.05, 3.63) is 50.6 Å². The van der Waals surface area contributed by atoms with Crippen molar-refractivity contribution in [3.63, 3.8) is 0 Å². The predicted octanol–water partition coefficient (Wildman–Crippen LogP) is 3.46. The Labute approximate surface area is 114 Å². The van der Waals surface area contributed by atoms with E-state index in [2.05, 4.69) is 36.9 Å². The van der Waals surface area contributed by atoms with Gasteiger partial charge in [0.25, 0.3) is 0 Å². The van der Waals surface area contributed by atoms with Crippen molar-refractivity contribution in [2.45, 2.75) is 25.7 Å². The molecular formula is C16H30N2. The van der Waals surface area contributed by atoms with Crippen LogP contribution in [-0.2, 0) is 0 Å². The molecule has 0 aromatic heterocycles. The second kappa shape index (κ2) is 21.2. The normalized spacial score (nSPS) is 11.6. The highest BCUT2D eigenvalue weighted by atomic mass is 14.8. The zero-order chi connectivity index (χ0) is 13.9. The molecule has 0 aromatic carbocycles. The van der Waals surface area contributed by atoms with Gasteiger partial charge in [0.05, 0.1) is 0 Å². The van der Waals surface area contributed by atoms with Gasteiger partial charge in [0.15, 0.2) is 0 Å². The van der Waals surface area contributed by atoms with Gasteiger partial charge in [0.1, 0.15) is 0 Å².